The number of H-pyrrole nitrogens is 1. The molecule has 0 radical (unpaired) electrons. The van der Waals surface area contributed by atoms with Gasteiger partial charge in [0.2, 0.25) is 0 Å². The first-order chi connectivity index (χ1) is 12.6. The lowest BCUT2D eigenvalue weighted by molar-refractivity contribution is 0.0558. The second kappa shape index (κ2) is 7.03. The minimum atomic E-state index is -0.421. The molecular formula is C23H26N2O2. The van der Waals surface area contributed by atoms with E-state index in [0.29, 0.717) is 11.1 Å². The number of aromatic nitrogens is 1. The van der Waals surface area contributed by atoms with Gasteiger partial charge in [-0.3, -0.25) is 9.59 Å². The highest BCUT2D eigenvalue weighted by molar-refractivity contribution is 5.94. The minimum Gasteiger partial charge on any atom is -0.329 e. The average Bonchev–Trinajstić information content (AvgIpc) is 2.59. The first-order valence-electron chi connectivity index (χ1n) is 9.16. The van der Waals surface area contributed by atoms with E-state index in [4.69, 9.17) is 0 Å². The van der Waals surface area contributed by atoms with Crippen LogP contribution < -0.4 is 5.56 Å². The van der Waals surface area contributed by atoms with Gasteiger partial charge in [-0.15, -0.1) is 0 Å². The van der Waals surface area contributed by atoms with E-state index in [2.05, 4.69) is 4.98 Å². The molecule has 0 unspecified atom stereocenters. The van der Waals surface area contributed by atoms with E-state index in [1.165, 1.54) is 0 Å². The summed E-state index contributed by atoms with van der Waals surface area (Å²) in [5.41, 5.74) is 3.68. The van der Waals surface area contributed by atoms with Crippen LogP contribution in [0.5, 0.6) is 0 Å². The van der Waals surface area contributed by atoms with Crippen LogP contribution in [0, 0.1) is 13.8 Å². The molecule has 3 rings (SSSR count). The van der Waals surface area contributed by atoms with Crippen LogP contribution in [-0.2, 0) is 6.54 Å². The smallest absolute Gasteiger partial charge is 0.254 e. The van der Waals surface area contributed by atoms with Gasteiger partial charge in [0.25, 0.3) is 11.5 Å². The van der Waals surface area contributed by atoms with Gasteiger partial charge >= 0.3 is 0 Å². The molecule has 0 atom stereocenters. The van der Waals surface area contributed by atoms with E-state index in [0.717, 1.165) is 22.0 Å². The number of hydrogen-bond acceptors (Lipinski definition) is 2. The Hall–Kier alpha value is -2.88. The molecule has 1 heterocycles. The number of nitrogens with one attached hydrogen (secondary N) is 1. The van der Waals surface area contributed by atoms with E-state index < -0.39 is 5.54 Å². The zero-order valence-electron chi connectivity index (χ0n) is 16.6. The van der Waals surface area contributed by atoms with Crippen LogP contribution in [0.25, 0.3) is 10.9 Å². The van der Waals surface area contributed by atoms with Crippen molar-refractivity contribution in [3.8, 4) is 0 Å². The van der Waals surface area contributed by atoms with Crippen molar-refractivity contribution in [2.45, 2.75) is 46.7 Å². The molecule has 0 saturated heterocycles. The molecule has 2 aromatic carbocycles. The second-order valence-electron chi connectivity index (χ2n) is 8.14. The molecule has 0 spiro atoms. The van der Waals surface area contributed by atoms with E-state index in [9.17, 15) is 9.59 Å². The molecule has 0 saturated carbocycles. The van der Waals surface area contributed by atoms with Gasteiger partial charge in [0.15, 0.2) is 0 Å². The topological polar surface area (TPSA) is 53.2 Å². The number of carbonyl (C=O) groups is 1. The van der Waals surface area contributed by atoms with Crippen molar-refractivity contribution < 1.29 is 4.79 Å². The van der Waals surface area contributed by atoms with Gasteiger partial charge in [-0.25, -0.2) is 0 Å². The van der Waals surface area contributed by atoms with Gasteiger partial charge in [-0.2, -0.15) is 0 Å². The molecule has 0 aliphatic carbocycles. The summed E-state index contributed by atoms with van der Waals surface area (Å²) >= 11 is 0. The summed E-state index contributed by atoms with van der Waals surface area (Å²) in [4.78, 5) is 30.4. The Morgan fingerprint density at radius 1 is 0.963 bits per heavy atom. The normalized spacial score (nSPS) is 11.6. The van der Waals surface area contributed by atoms with E-state index >= 15 is 0 Å². The predicted molar refractivity (Wildman–Crippen MR) is 110 cm³/mol. The third kappa shape index (κ3) is 4.11. The van der Waals surface area contributed by atoms with Crippen molar-refractivity contribution in [2.75, 3.05) is 0 Å². The maximum atomic E-state index is 13.1. The molecule has 3 aromatic rings. The van der Waals surface area contributed by atoms with Crippen LogP contribution in [0.2, 0.25) is 0 Å². The number of pyridine rings is 1. The number of fused-ring (bicyclic) bond motifs is 1. The van der Waals surface area contributed by atoms with Gasteiger partial charge in [0.1, 0.15) is 0 Å². The summed E-state index contributed by atoms with van der Waals surface area (Å²) in [6, 6.07) is 15.4. The van der Waals surface area contributed by atoms with Gasteiger partial charge in [-0.05, 0) is 70.3 Å². The van der Waals surface area contributed by atoms with Crippen LogP contribution in [0.1, 0.15) is 47.8 Å². The largest absolute Gasteiger partial charge is 0.329 e. The number of rotatable bonds is 3. The van der Waals surface area contributed by atoms with Crippen LogP contribution >= 0.6 is 0 Å². The summed E-state index contributed by atoms with van der Waals surface area (Å²) in [5, 5.41) is 0.973. The first kappa shape index (κ1) is 18.9. The van der Waals surface area contributed by atoms with Crippen molar-refractivity contribution in [2.24, 2.45) is 0 Å². The summed E-state index contributed by atoms with van der Waals surface area (Å²) in [7, 11) is 0. The van der Waals surface area contributed by atoms with E-state index in [1.807, 2.05) is 83.1 Å². The molecule has 4 heteroatoms. The summed E-state index contributed by atoms with van der Waals surface area (Å²) in [5.74, 6) is -0.0776. The molecule has 0 aliphatic heterocycles. The van der Waals surface area contributed by atoms with Gasteiger partial charge < -0.3 is 9.88 Å². The maximum Gasteiger partial charge on any atom is 0.254 e. The monoisotopic (exact) mass is 362 g/mol. The predicted octanol–water partition coefficient (Wildman–Crippen LogP) is 4.59. The average molecular weight is 362 g/mol. The molecule has 0 fully saturated rings. The van der Waals surface area contributed by atoms with Crippen molar-refractivity contribution in [1.82, 2.24) is 9.88 Å². The summed E-state index contributed by atoms with van der Waals surface area (Å²) in [6.45, 7) is 10.2. The lowest BCUT2D eigenvalue weighted by Crippen LogP contribution is -2.46. The second-order valence-corrected chi connectivity index (χ2v) is 8.14. The quantitative estimate of drug-likeness (QED) is 0.741. The number of aryl methyl sites for hydroxylation is 2. The molecule has 140 valence electrons. The highest BCUT2D eigenvalue weighted by Crippen LogP contribution is 2.21. The van der Waals surface area contributed by atoms with Crippen LogP contribution in [0.15, 0.2) is 53.3 Å². The molecule has 1 aromatic heterocycles. The SMILES string of the molecule is Cc1ccc(C(=O)N(Cc2cc3cc(C)ccc3[nH]c2=O)C(C)(C)C)cc1. The van der Waals surface area contributed by atoms with Crippen LogP contribution in [-0.4, -0.2) is 21.3 Å². The zero-order valence-corrected chi connectivity index (χ0v) is 16.6. The van der Waals surface area contributed by atoms with Crippen molar-refractivity contribution in [3.63, 3.8) is 0 Å². The highest BCUT2D eigenvalue weighted by atomic mass is 16.2. The Kier molecular flexibility index (Phi) is 4.92. The number of aromatic amines is 1. The Labute approximate surface area is 159 Å². The van der Waals surface area contributed by atoms with E-state index in [1.54, 1.807) is 4.90 Å². The van der Waals surface area contributed by atoms with Gasteiger partial charge in [-0.1, -0.05) is 29.3 Å². The molecule has 1 N–H and O–H groups in total. The number of nitrogens with zero attached hydrogens (tertiary/aromatic N) is 1. The molecule has 4 nitrogen and oxygen atoms in total. The number of hydrogen-bond donors (Lipinski definition) is 1. The Morgan fingerprint density at radius 3 is 2.22 bits per heavy atom. The lowest BCUT2D eigenvalue weighted by Gasteiger charge is -2.36. The summed E-state index contributed by atoms with van der Waals surface area (Å²) < 4.78 is 0. The Morgan fingerprint density at radius 2 is 1.59 bits per heavy atom. The number of carbonyl (C=O) groups excluding carboxylic acids is 1. The van der Waals surface area contributed by atoms with Gasteiger partial charge in [0, 0.05) is 22.2 Å². The number of benzene rings is 2. The van der Waals surface area contributed by atoms with E-state index in [-0.39, 0.29) is 18.0 Å². The summed E-state index contributed by atoms with van der Waals surface area (Å²) in [6.07, 6.45) is 0. The molecular weight excluding hydrogens is 336 g/mol. The lowest BCUT2D eigenvalue weighted by atomic mass is 10.0. The third-order valence-corrected chi connectivity index (χ3v) is 4.76. The fourth-order valence-electron chi connectivity index (χ4n) is 3.12. The van der Waals surface area contributed by atoms with Crippen LogP contribution in [0.4, 0.5) is 0 Å². The Bertz CT molecular complexity index is 1040. The molecule has 0 aliphatic rings. The van der Waals surface area contributed by atoms with Crippen molar-refractivity contribution >= 4 is 16.8 Å². The van der Waals surface area contributed by atoms with Crippen LogP contribution in [0.3, 0.4) is 0 Å². The third-order valence-electron chi connectivity index (χ3n) is 4.76. The first-order valence-corrected chi connectivity index (χ1v) is 9.16. The maximum absolute atomic E-state index is 13.1. The molecule has 1 amide bonds. The van der Waals surface area contributed by atoms with Crippen molar-refractivity contribution in [3.05, 3.63) is 81.1 Å². The fraction of sp³-hybridized carbons (Fsp3) is 0.304. The van der Waals surface area contributed by atoms with Gasteiger partial charge in [0.05, 0.1) is 6.54 Å². The highest BCUT2D eigenvalue weighted by Gasteiger charge is 2.28. The Balaban J connectivity index is 2.01. The zero-order chi connectivity index (χ0) is 19.8. The molecule has 0 bridgehead atoms. The fourth-order valence-corrected chi connectivity index (χ4v) is 3.12. The van der Waals surface area contributed by atoms with Crippen molar-refractivity contribution in [1.29, 1.82) is 0 Å². The minimum absolute atomic E-state index is 0.0776. The number of amides is 1. The molecule has 27 heavy (non-hydrogen) atoms. The standard InChI is InChI=1S/C23H26N2O2/c1-15-6-9-17(10-7-15)22(27)25(23(3,4)5)14-19-13-18-12-16(2)8-11-20(18)24-21(19)26/h6-13H,14H2,1-5H3,(H,24,26).